The van der Waals surface area contributed by atoms with E-state index in [1.807, 2.05) is 0 Å². The number of aliphatic hydroxyl groups is 1. The Morgan fingerprint density at radius 3 is 2.65 bits per heavy atom. The first kappa shape index (κ1) is 14.0. The van der Waals surface area contributed by atoms with E-state index in [0.29, 0.717) is 24.7 Å². The minimum Gasteiger partial charge on any atom is -0.392 e. The zero-order chi connectivity index (χ0) is 14.0. The fraction of sp³-hybridized carbons (Fsp3) is 0.857. The molecule has 1 aliphatic heterocycles. The molecular weight excluding hydrogens is 258 g/mol. The maximum atomic E-state index is 9.57. The second kappa shape index (κ2) is 5.79. The average Bonchev–Trinajstić information content (AvgIpc) is 3.03. The van der Waals surface area contributed by atoms with E-state index in [2.05, 4.69) is 15.5 Å². The van der Waals surface area contributed by atoms with Crippen LogP contribution in [0.25, 0.3) is 0 Å². The van der Waals surface area contributed by atoms with E-state index in [0.717, 1.165) is 25.7 Å². The summed E-state index contributed by atoms with van der Waals surface area (Å²) in [5.41, 5.74) is -0.393. The molecule has 1 saturated heterocycles. The molecule has 0 amide bonds. The van der Waals surface area contributed by atoms with Gasteiger partial charge in [0, 0.05) is 13.7 Å². The molecule has 1 aromatic rings. The summed E-state index contributed by atoms with van der Waals surface area (Å²) in [6, 6.07) is -0.0362. The molecule has 112 valence electrons. The highest BCUT2D eigenvalue weighted by Gasteiger charge is 2.39. The zero-order valence-electron chi connectivity index (χ0n) is 12.0. The predicted molar refractivity (Wildman–Crippen MR) is 72.1 cm³/mol. The standard InChI is InChI=1S/C14H23N3O3/c1-19-14(6-4-2-3-5-7-14)13-16-12(20-17-13)11-8-10(18)9-15-11/h10-11,15,18H,2-9H2,1H3/t10-,11-/m0/s1. The lowest BCUT2D eigenvalue weighted by Gasteiger charge is -2.27. The van der Waals surface area contributed by atoms with Crippen LogP contribution in [0, 0.1) is 0 Å². The highest BCUT2D eigenvalue weighted by atomic mass is 16.5. The van der Waals surface area contributed by atoms with E-state index in [1.54, 1.807) is 7.11 Å². The van der Waals surface area contributed by atoms with Crippen LogP contribution < -0.4 is 5.32 Å². The van der Waals surface area contributed by atoms with Crippen LogP contribution in [-0.2, 0) is 10.3 Å². The number of aromatic nitrogens is 2. The van der Waals surface area contributed by atoms with Gasteiger partial charge in [-0.2, -0.15) is 4.98 Å². The fourth-order valence-electron chi connectivity index (χ4n) is 3.29. The number of hydrogen-bond acceptors (Lipinski definition) is 6. The van der Waals surface area contributed by atoms with Crippen LogP contribution in [0.15, 0.2) is 4.52 Å². The number of methoxy groups -OCH3 is 1. The van der Waals surface area contributed by atoms with Gasteiger partial charge in [0.15, 0.2) is 0 Å². The lowest BCUT2D eigenvalue weighted by molar-refractivity contribution is -0.0365. The Labute approximate surface area is 118 Å². The zero-order valence-corrected chi connectivity index (χ0v) is 12.0. The summed E-state index contributed by atoms with van der Waals surface area (Å²) >= 11 is 0. The van der Waals surface area contributed by atoms with Gasteiger partial charge in [0.25, 0.3) is 0 Å². The summed E-state index contributed by atoms with van der Waals surface area (Å²) < 4.78 is 11.2. The van der Waals surface area contributed by atoms with Gasteiger partial charge in [0.2, 0.25) is 11.7 Å². The lowest BCUT2D eigenvalue weighted by Crippen LogP contribution is -2.29. The first-order valence-corrected chi connectivity index (χ1v) is 7.54. The molecule has 0 bridgehead atoms. The van der Waals surface area contributed by atoms with Crippen molar-refractivity contribution in [2.24, 2.45) is 0 Å². The molecule has 1 aliphatic carbocycles. The van der Waals surface area contributed by atoms with Gasteiger partial charge in [-0.05, 0) is 19.3 Å². The molecule has 2 fully saturated rings. The molecule has 1 aromatic heterocycles. The number of nitrogens with one attached hydrogen (secondary N) is 1. The Balaban J connectivity index is 1.80. The molecule has 3 rings (SSSR count). The number of hydrogen-bond donors (Lipinski definition) is 2. The van der Waals surface area contributed by atoms with Gasteiger partial charge >= 0.3 is 0 Å². The molecule has 6 heteroatoms. The molecule has 0 radical (unpaired) electrons. The van der Waals surface area contributed by atoms with Gasteiger partial charge in [-0.3, -0.25) is 0 Å². The molecule has 0 unspecified atom stereocenters. The van der Waals surface area contributed by atoms with Gasteiger partial charge in [-0.1, -0.05) is 30.8 Å². The Bertz CT molecular complexity index is 441. The van der Waals surface area contributed by atoms with Crippen LogP contribution in [0.5, 0.6) is 0 Å². The van der Waals surface area contributed by atoms with Gasteiger partial charge in [0.05, 0.1) is 12.1 Å². The third kappa shape index (κ3) is 2.60. The van der Waals surface area contributed by atoms with Crippen molar-refractivity contribution in [2.45, 2.75) is 62.7 Å². The summed E-state index contributed by atoms with van der Waals surface area (Å²) in [6.45, 7) is 0.581. The molecule has 0 spiro atoms. The normalized spacial score (nSPS) is 30.3. The van der Waals surface area contributed by atoms with E-state index in [9.17, 15) is 5.11 Å². The molecule has 2 heterocycles. The van der Waals surface area contributed by atoms with Crippen molar-refractivity contribution in [3.63, 3.8) is 0 Å². The first-order valence-electron chi connectivity index (χ1n) is 7.54. The Morgan fingerprint density at radius 1 is 1.30 bits per heavy atom. The largest absolute Gasteiger partial charge is 0.392 e. The third-order valence-corrected chi connectivity index (χ3v) is 4.56. The molecule has 6 nitrogen and oxygen atoms in total. The quantitative estimate of drug-likeness (QED) is 0.820. The van der Waals surface area contributed by atoms with Gasteiger partial charge in [-0.15, -0.1) is 0 Å². The summed E-state index contributed by atoms with van der Waals surface area (Å²) in [7, 11) is 1.74. The highest BCUT2D eigenvalue weighted by Crippen LogP contribution is 2.38. The van der Waals surface area contributed by atoms with Crippen molar-refractivity contribution < 1.29 is 14.4 Å². The SMILES string of the molecule is COC1(c2noc([C@@H]3C[C@H](O)CN3)n2)CCCCCC1. The van der Waals surface area contributed by atoms with Crippen molar-refractivity contribution in [3.8, 4) is 0 Å². The predicted octanol–water partition coefficient (Wildman–Crippen LogP) is 1.66. The summed E-state index contributed by atoms with van der Waals surface area (Å²) in [4.78, 5) is 4.56. The topological polar surface area (TPSA) is 80.4 Å². The van der Waals surface area contributed by atoms with Crippen LogP contribution in [-0.4, -0.2) is 35.0 Å². The molecular formula is C14H23N3O3. The summed E-state index contributed by atoms with van der Waals surface area (Å²) in [5, 5.41) is 16.9. The molecule has 20 heavy (non-hydrogen) atoms. The van der Waals surface area contributed by atoms with E-state index < -0.39 is 5.60 Å². The van der Waals surface area contributed by atoms with Gasteiger partial charge in [-0.25, -0.2) is 0 Å². The Morgan fingerprint density at radius 2 is 2.05 bits per heavy atom. The number of β-amino-alcohol motifs (C(OH)–C–C–N with tert-alkyl or cyclic N) is 1. The lowest BCUT2D eigenvalue weighted by atomic mass is 9.93. The third-order valence-electron chi connectivity index (χ3n) is 4.56. The summed E-state index contributed by atoms with van der Waals surface area (Å²) in [5.74, 6) is 1.23. The smallest absolute Gasteiger partial charge is 0.243 e. The van der Waals surface area contributed by atoms with Crippen LogP contribution in [0.1, 0.15) is 62.7 Å². The van der Waals surface area contributed by atoms with Crippen molar-refractivity contribution >= 4 is 0 Å². The van der Waals surface area contributed by atoms with E-state index in [-0.39, 0.29) is 12.1 Å². The van der Waals surface area contributed by atoms with E-state index in [1.165, 1.54) is 12.8 Å². The summed E-state index contributed by atoms with van der Waals surface area (Å²) in [6.07, 6.45) is 6.95. The van der Waals surface area contributed by atoms with Crippen molar-refractivity contribution in [3.05, 3.63) is 11.7 Å². The highest BCUT2D eigenvalue weighted by molar-refractivity contribution is 5.05. The number of nitrogens with zero attached hydrogens (tertiary/aromatic N) is 2. The molecule has 0 aromatic carbocycles. The average molecular weight is 281 g/mol. The Kier molecular flexibility index (Phi) is 4.05. The van der Waals surface area contributed by atoms with E-state index in [4.69, 9.17) is 9.26 Å². The van der Waals surface area contributed by atoms with Crippen molar-refractivity contribution in [1.82, 2.24) is 15.5 Å². The number of ether oxygens (including phenoxy) is 1. The van der Waals surface area contributed by atoms with Crippen LogP contribution in [0.3, 0.4) is 0 Å². The number of rotatable bonds is 3. The molecule has 2 N–H and O–H groups in total. The maximum absolute atomic E-state index is 9.57. The second-order valence-corrected chi connectivity index (χ2v) is 5.92. The fourth-order valence-corrected chi connectivity index (χ4v) is 3.29. The van der Waals surface area contributed by atoms with Crippen LogP contribution in [0.2, 0.25) is 0 Å². The molecule has 2 atom stereocenters. The van der Waals surface area contributed by atoms with Gasteiger partial charge < -0.3 is 19.7 Å². The van der Waals surface area contributed by atoms with Crippen molar-refractivity contribution in [2.75, 3.05) is 13.7 Å². The number of aliphatic hydroxyl groups excluding tert-OH is 1. The second-order valence-electron chi connectivity index (χ2n) is 5.92. The Hall–Kier alpha value is -0.980. The first-order chi connectivity index (χ1) is 9.73. The van der Waals surface area contributed by atoms with Crippen molar-refractivity contribution in [1.29, 1.82) is 0 Å². The van der Waals surface area contributed by atoms with Crippen LogP contribution >= 0.6 is 0 Å². The van der Waals surface area contributed by atoms with Crippen LogP contribution in [0.4, 0.5) is 0 Å². The maximum Gasteiger partial charge on any atom is 0.243 e. The van der Waals surface area contributed by atoms with Gasteiger partial charge in [0.1, 0.15) is 5.60 Å². The molecule has 1 saturated carbocycles. The minimum atomic E-state index is -0.393. The minimum absolute atomic E-state index is 0.0362. The monoisotopic (exact) mass is 281 g/mol. The van der Waals surface area contributed by atoms with E-state index >= 15 is 0 Å². The molecule has 2 aliphatic rings.